The van der Waals surface area contributed by atoms with Crippen molar-refractivity contribution < 1.29 is 0 Å². The van der Waals surface area contributed by atoms with Gasteiger partial charge in [-0.05, 0) is 19.3 Å². The first kappa shape index (κ1) is 11.3. The van der Waals surface area contributed by atoms with Crippen LogP contribution in [0.15, 0.2) is 6.33 Å². The van der Waals surface area contributed by atoms with Crippen LogP contribution in [0.25, 0.3) is 11.2 Å². The number of nitrogens with one attached hydrogen (secondary N) is 2. The van der Waals surface area contributed by atoms with Crippen LogP contribution in [-0.2, 0) is 0 Å². The second kappa shape index (κ2) is 4.44. The highest BCUT2D eigenvalue weighted by atomic mass is 15.3. The normalized spacial score (nSPS) is 15.0. The van der Waals surface area contributed by atoms with E-state index in [2.05, 4.69) is 37.1 Å². The van der Waals surface area contributed by atoms with Gasteiger partial charge in [-0.25, -0.2) is 4.98 Å². The maximum absolute atomic E-state index is 4.60. The Hall–Kier alpha value is -1.85. The Morgan fingerprint density at radius 2 is 2.28 bits per heavy atom. The molecule has 1 aliphatic carbocycles. The first-order valence-corrected chi connectivity index (χ1v) is 6.49. The summed E-state index contributed by atoms with van der Waals surface area (Å²) in [6.45, 7) is 3.22. The van der Waals surface area contributed by atoms with Gasteiger partial charge in [0.2, 0.25) is 5.95 Å². The van der Waals surface area contributed by atoms with Gasteiger partial charge in [0.25, 0.3) is 0 Å². The van der Waals surface area contributed by atoms with Gasteiger partial charge >= 0.3 is 0 Å². The fraction of sp³-hybridized carbons (Fsp3) is 0.583. The van der Waals surface area contributed by atoms with Crippen LogP contribution in [-0.4, -0.2) is 39.6 Å². The second-order valence-corrected chi connectivity index (χ2v) is 4.65. The maximum Gasteiger partial charge on any atom is 0.226 e. The summed E-state index contributed by atoms with van der Waals surface area (Å²) in [4.78, 5) is 18.7. The minimum Gasteiger partial charge on any atom is -0.357 e. The molecule has 6 nitrogen and oxygen atoms in total. The van der Waals surface area contributed by atoms with E-state index in [1.54, 1.807) is 6.33 Å². The topological polar surface area (TPSA) is 69.7 Å². The Labute approximate surface area is 106 Å². The SMILES string of the molecule is CCCN(c1nc(NC)nc2nc[nH]c12)C1CC1. The van der Waals surface area contributed by atoms with Crippen LogP contribution < -0.4 is 10.2 Å². The minimum atomic E-state index is 0.631. The van der Waals surface area contributed by atoms with Crippen LogP contribution in [0.5, 0.6) is 0 Å². The van der Waals surface area contributed by atoms with E-state index < -0.39 is 0 Å². The molecule has 0 unspecified atom stereocenters. The van der Waals surface area contributed by atoms with Crippen LogP contribution in [0.2, 0.25) is 0 Å². The summed E-state index contributed by atoms with van der Waals surface area (Å²) in [6, 6.07) is 0.635. The van der Waals surface area contributed by atoms with E-state index in [0.717, 1.165) is 29.9 Å². The van der Waals surface area contributed by atoms with Crippen molar-refractivity contribution in [2.45, 2.75) is 32.2 Å². The van der Waals surface area contributed by atoms with Crippen molar-refractivity contribution in [3.05, 3.63) is 6.33 Å². The number of H-pyrrole nitrogens is 1. The van der Waals surface area contributed by atoms with E-state index in [4.69, 9.17) is 0 Å². The quantitative estimate of drug-likeness (QED) is 0.841. The predicted octanol–water partition coefficient (Wildman–Crippen LogP) is 1.77. The lowest BCUT2D eigenvalue weighted by Crippen LogP contribution is -2.28. The van der Waals surface area contributed by atoms with Gasteiger partial charge in [0.15, 0.2) is 11.5 Å². The van der Waals surface area contributed by atoms with E-state index in [1.807, 2.05) is 7.05 Å². The number of hydrogen-bond acceptors (Lipinski definition) is 5. The molecule has 2 heterocycles. The molecule has 18 heavy (non-hydrogen) atoms. The highest BCUT2D eigenvalue weighted by molar-refractivity contribution is 5.84. The molecule has 0 bridgehead atoms. The molecule has 0 amide bonds. The van der Waals surface area contributed by atoms with Gasteiger partial charge in [0.1, 0.15) is 5.52 Å². The Morgan fingerprint density at radius 3 is 2.94 bits per heavy atom. The number of nitrogens with zero attached hydrogens (tertiary/aromatic N) is 4. The summed E-state index contributed by atoms with van der Waals surface area (Å²) in [5.41, 5.74) is 1.67. The van der Waals surface area contributed by atoms with Crippen molar-refractivity contribution in [3.8, 4) is 0 Å². The molecule has 0 radical (unpaired) electrons. The minimum absolute atomic E-state index is 0.631. The smallest absolute Gasteiger partial charge is 0.226 e. The lowest BCUT2D eigenvalue weighted by Gasteiger charge is -2.23. The Morgan fingerprint density at radius 1 is 1.44 bits per heavy atom. The van der Waals surface area contributed by atoms with Crippen molar-refractivity contribution in [2.24, 2.45) is 0 Å². The number of anilines is 2. The highest BCUT2D eigenvalue weighted by Crippen LogP contribution is 2.33. The molecule has 3 rings (SSSR count). The largest absolute Gasteiger partial charge is 0.357 e. The lowest BCUT2D eigenvalue weighted by molar-refractivity contribution is 0.752. The standard InChI is InChI=1S/C12H18N6/c1-3-6-18(8-4-5-8)11-9-10(15-7-14-9)16-12(13-2)17-11/h7-8H,3-6H2,1-2H3,(H2,13,14,15,16,17). The maximum atomic E-state index is 4.60. The monoisotopic (exact) mass is 246 g/mol. The number of hydrogen-bond donors (Lipinski definition) is 2. The van der Waals surface area contributed by atoms with E-state index in [-0.39, 0.29) is 0 Å². The molecule has 0 saturated heterocycles. The van der Waals surface area contributed by atoms with Crippen LogP contribution in [0.4, 0.5) is 11.8 Å². The van der Waals surface area contributed by atoms with Crippen molar-refractivity contribution >= 4 is 22.9 Å². The number of aromatic nitrogens is 4. The molecule has 0 spiro atoms. The molecule has 2 aromatic rings. The molecule has 0 aliphatic heterocycles. The third kappa shape index (κ3) is 1.87. The molecule has 96 valence electrons. The van der Waals surface area contributed by atoms with Crippen LogP contribution in [0, 0.1) is 0 Å². The molecule has 1 fully saturated rings. The van der Waals surface area contributed by atoms with Gasteiger partial charge in [0, 0.05) is 19.6 Å². The number of fused-ring (bicyclic) bond motifs is 1. The molecule has 1 aliphatic rings. The molecule has 0 atom stereocenters. The van der Waals surface area contributed by atoms with Gasteiger partial charge in [-0.15, -0.1) is 0 Å². The summed E-state index contributed by atoms with van der Waals surface area (Å²) < 4.78 is 0. The van der Waals surface area contributed by atoms with Crippen molar-refractivity contribution in [3.63, 3.8) is 0 Å². The Bertz CT molecular complexity index is 544. The average molecular weight is 246 g/mol. The zero-order valence-electron chi connectivity index (χ0n) is 10.8. The van der Waals surface area contributed by atoms with Crippen molar-refractivity contribution in [1.29, 1.82) is 0 Å². The van der Waals surface area contributed by atoms with Gasteiger partial charge in [-0.1, -0.05) is 6.92 Å². The van der Waals surface area contributed by atoms with Gasteiger partial charge < -0.3 is 15.2 Å². The van der Waals surface area contributed by atoms with E-state index in [0.29, 0.717) is 12.0 Å². The van der Waals surface area contributed by atoms with Crippen molar-refractivity contribution in [2.75, 3.05) is 23.8 Å². The summed E-state index contributed by atoms with van der Waals surface area (Å²) >= 11 is 0. The summed E-state index contributed by atoms with van der Waals surface area (Å²) in [5, 5.41) is 3.00. The molecular weight excluding hydrogens is 228 g/mol. The fourth-order valence-electron chi connectivity index (χ4n) is 2.23. The average Bonchev–Trinajstić information content (AvgIpc) is 3.12. The van der Waals surface area contributed by atoms with E-state index in [1.165, 1.54) is 12.8 Å². The molecule has 2 aromatic heterocycles. The van der Waals surface area contributed by atoms with Crippen LogP contribution in [0.3, 0.4) is 0 Å². The molecule has 0 aromatic carbocycles. The predicted molar refractivity (Wildman–Crippen MR) is 71.9 cm³/mol. The summed E-state index contributed by atoms with van der Waals surface area (Å²) in [6.07, 6.45) is 5.31. The molecular formula is C12H18N6. The molecule has 1 saturated carbocycles. The van der Waals surface area contributed by atoms with Crippen molar-refractivity contribution in [1.82, 2.24) is 19.9 Å². The van der Waals surface area contributed by atoms with E-state index >= 15 is 0 Å². The first-order chi connectivity index (χ1) is 8.83. The van der Waals surface area contributed by atoms with Crippen LogP contribution >= 0.6 is 0 Å². The fourth-order valence-corrected chi connectivity index (χ4v) is 2.23. The van der Waals surface area contributed by atoms with Gasteiger partial charge in [0.05, 0.1) is 6.33 Å². The Kier molecular flexibility index (Phi) is 2.77. The highest BCUT2D eigenvalue weighted by Gasteiger charge is 2.31. The summed E-state index contributed by atoms with van der Waals surface area (Å²) in [5.74, 6) is 1.61. The molecule has 2 N–H and O–H groups in total. The number of aromatic amines is 1. The first-order valence-electron chi connectivity index (χ1n) is 6.49. The second-order valence-electron chi connectivity index (χ2n) is 4.65. The summed E-state index contributed by atoms with van der Waals surface area (Å²) in [7, 11) is 1.83. The Balaban J connectivity index is 2.09. The number of rotatable bonds is 5. The van der Waals surface area contributed by atoms with Gasteiger partial charge in [-0.3, -0.25) is 0 Å². The lowest BCUT2D eigenvalue weighted by atomic mass is 10.3. The zero-order chi connectivity index (χ0) is 12.5. The zero-order valence-corrected chi connectivity index (χ0v) is 10.8. The van der Waals surface area contributed by atoms with E-state index in [9.17, 15) is 0 Å². The third-order valence-corrected chi connectivity index (χ3v) is 3.21. The molecule has 6 heteroatoms. The van der Waals surface area contributed by atoms with Crippen LogP contribution in [0.1, 0.15) is 26.2 Å². The van der Waals surface area contributed by atoms with Gasteiger partial charge in [-0.2, -0.15) is 9.97 Å². The third-order valence-electron chi connectivity index (χ3n) is 3.21. The number of imidazole rings is 1.